The van der Waals surface area contributed by atoms with Crippen LogP contribution in [-0.2, 0) is 10.2 Å². The number of carbonyl (C=O) groups excluding carboxylic acids is 1. The average molecular weight is 222 g/mol. The number of halogens is 1. The van der Waals surface area contributed by atoms with Crippen LogP contribution in [0.5, 0.6) is 5.75 Å². The average Bonchev–Trinajstić information content (AvgIpc) is 2.59. The van der Waals surface area contributed by atoms with Crippen molar-refractivity contribution in [3.05, 3.63) is 29.6 Å². The van der Waals surface area contributed by atoms with Gasteiger partial charge in [-0.2, -0.15) is 0 Å². The Hall–Kier alpha value is -1.38. The molecule has 2 rings (SSSR count). The van der Waals surface area contributed by atoms with Crippen LogP contribution in [0.3, 0.4) is 0 Å². The van der Waals surface area contributed by atoms with Crippen LogP contribution < -0.4 is 4.74 Å². The van der Waals surface area contributed by atoms with E-state index in [9.17, 15) is 9.18 Å². The molecule has 2 nitrogen and oxygen atoms in total. The van der Waals surface area contributed by atoms with E-state index in [1.165, 1.54) is 13.2 Å². The molecule has 0 spiro atoms. The molecule has 1 aliphatic carbocycles. The predicted octanol–water partition coefficient (Wildman–Crippen LogP) is 2.85. The van der Waals surface area contributed by atoms with E-state index in [2.05, 4.69) is 0 Å². The molecule has 0 radical (unpaired) electrons. The zero-order chi connectivity index (χ0) is 11.8. The van der Waals surface area contributed by atoms with E-state index >= 15 is 0 Å². The molecule has 86 valence electrons. The fourth-order valence-corrected chi connectivity index (χ4v) is 2.37. The lowest BCUT2D eigenvalue weighted by molar-refractivity contribution is -0.117. The van der Waals surface area contributed by atoms with E-state index in [1.54, 1.807) is 12.1 Å². The summed E-state index contributed by atoms with van der Waals surface area (Å²) in [6.45, 7) is 1.95. The van der Waals surface area contributed by atoms with Gasteiger partial charge in [0.2, 0.25) is 0 Å². The highest BCUT2D eigenvalue weighted by atomic mass is 19.1. The summed E-state index contributed by atoms with van der Waals surface area (Å²) in [5.41, 5.74) is 0.284. The lowest BCUT2D eigenvalue weighted by Crippen LogP contribution is -2.19. The highest BCUT2D eigenvalue weighted by Gasteiger charge is 2.37. The zero-order valence-electron chi connectivity index (χ0n) is 9.55. The number of methoxy groups -OCH3 is 1. The fraction of sp³-hybridized carbons (Fsp3) is 0.462. The topological polar surface area (TPSA) is 26.3 Å². The first-order valence-corrected chi connectivity index (χ1v) is 5.41. The van der Waals surface area contributed by atoms with Gasteiger partial charge in [0, 0.05) is 24.3 Å². The Morgan fingerprint density at radius 2 is 2.19 bits per heavy atom. The van der Waals surface area contributed by atoms with E-state index in [1.807, 2.05) is 6.92 Å². The number of ether oxygens (including phenoxy) is 1. The highest BCUT2D eigenvalue weighted by Crippen LogP contribution is 2.40. The van der Waals surface area contributed by atoms with Crippen LogP contribution in [0.15, 0.2) is 18.2 Å². The number of hydrogen-bond donors (Lipinski definition) is 0. The second kappa shape index (κ2) is 3.89. The summed E-state index contributed by atoms with van der Waals surface area (Å²) in [4.78, 5) is 11.3. The molecule has 1 aromatic rings. The second-order valence-electron chi connectivity index (χ2n) is 4.62. The molecule has 0 aromatic heterocycles. The van der Waals surface area contributed by atoms with Crippen molar-refractivity contribution < 1.29 is 13.9 Å². The van der Waals surface area contributed by atoms with Crippen LogP contribution in [0, 0.1) is 5.82 Å². The summed E-state index contributed by atoms with van der Waals surface area (Å²) in [7, 11) is 1.51. The summed E-state index contributed by atoms with van der Waals surface area (Å²) in [5, 5.41) is 0. The summed E-state index contributed by atoms with van der Waals surface area (Å²) in [6.07, 6.45) is 1.73. The molecule has 1 atom stereocenters. The molecule has 1 aromatic carbocycles. The van der Waals surface area contributed by atoms with E-state index in [0.717, 1.165) is 6.42 Å². The number of Topliss-reactive ketones (excluding diaryl/α,β-unsaturated/α-hetero) is 1. The molecular weight excluding hydrogens is 207 g/mol. The minimum Gasteiger partial charge on any atom is -0.497 e. The fourth-order valence-electron chi connectivity index (χ4n) is 2.37. The molecule has 0 saturated heterocycles. The maximum atomic E-state index is 13.9. The predicted molar refractivity (Wildman–Crippen MR) is 59.2 cm³/mol. The van der Waals surface area contributed by atoms with Crippen molar-refractivity contribution in [2.24, 2.45) is 0 Å². The summed E-state index contributed by atoms with van der Waals surface area (Å²) in [5.74, 6) is 0.448. The Balaban J connectivity index is 2.37. The van der Waals surface area contributed by atoms with Crippen LogP contribution >= 0.6 is 0 Å². The van der Waals surface area contributed by atoms with Gasteiger partial charge in [0.25, 0.3) is 0 Å². The number of rotatable bonds is 2. The lowest BCUT2D eigenvalue weighted by Gasteiger charge is -2.23. The molecule has 1 saturated carbocycles. The van der Waals surface area contributed by atoms with Gasteiger partial charge in [0.1, 0.15) is 17.3 Å². The minimum absolute atomic E-state index is 0.220. The molecule has 0 bridgehead atoms. The van der Waals surface area contributed by atoms with Crippen molar-refractivity contribution in [1.29, 1.82) is 0 Å². The molecule has 0 heterocycles. The first kappa shape index (κ1) is 11.1. The van der Waals surface area contributed by atoms with Crippen LogP contribution in [0.1, 0.15) is 31.7 Å². The monoisotopic (exact) mass is 222 g/mol. The first-order chi connectivity index (χ1) is 7.55. The molecule has 0 amide bonds. The van der Waals surface area contributed by atoms with Gasteiger partial charge in [-0.1, -0.05) is 13.0 Å². The SMILES string of the molecule is COc1ccc(C2(C)CCC(=O)C2)c(F)c1. The third-order valence-corrected chi connectivity index (χ3v) is 3.37. The van der Waals surface area contributed by atoms with E-state index < -0.39 is 0 Å². The number of benzene rings is 1. The maximum absolute atomic E-state index is 13.9. The van der Waals surface area contributed by atoms with Gasteiger partial charge in [-0.25, -0.2) is 4.39 Å². The van der Waals surface area contributed by atoms with Gasteiger partial charge in [-0.15, -0.1) is 0 Å². The third-order valence-electron chi connectivity index (χ3n) is 3.37. The van der Waals surface area contributed by atoms with Crippen LogP contribution in [0.2, 0.25) is 0 Å². The molecule has 1 fully saturated rings. The van der Waals surface area contributed by atoms with Gasteiger partial charge < -0.3 is 4.74 Å². The van der Waals surface area contributed by atoms with Gasteiger partial charge in [-0.05, 0) is 18.1 Å². The number of ketones is 1. The van der Waals surface area contributed by atoms with Crippen molar-refractivity contribution >= 4 is 5.78 Å². The Kier molecular flexibility index (Phi) is 2.70. The Morgan fingerprint density at radius 1 is 1.44 bits per heavy atom. The molecule has 1 unspecified atom stereocenters. The van der Waals surface area contributed by atoms with Crippen LogP contribution in [0.25, 0.3) is 0 Å². The van der Waals surface area contributed by atoms with E-state index in [-0.39, 0.29) is 17.0 Å². The Morgan fingerprint density at radius 3 is 2.69 bits per heavy atom. The van der Waals surface area contributed by atoms with Gasteiger partial charge in [0.15, 0.2) is 0 Å². The molecule has 0 aliphatic heterocycles. The summed E-state index contributed by atoms with van der Waals surface area (Å²) >= 11 is 0. The van der Waals surface area contributed by atoms with E-state index in [0.29, 0.717) is 24.2 Å². The molecule has 16 heavy (non-hydrogen) atoms. The molecule has 0 N–H and O–H groups in total. The van der Waals surface area contributed by atoms with Crippen molar-refractivity contribution in [2.45, 2.75) is 31.6 Å². The Bertz CT molecular complexity index is 428. The summed E-state index contributed by atoms with van der Waals surface area (Å²) < 4.78 is 18.8. The quantitative estimate of drug-likeness (QED) is 0.769. The van der Waals surface area contributed by atoms with Crippen LogP contribution in [0.4, 0.5) is 4.39 Å². The minimum atomic E-state index is -0.340. The van der Waals surface area contributed by atoms with Crippen molar-refractivity contribution in [3.8, 4) is 5.75 Å². The molecular formula is C13H15FO2. The van der Waals surface area contributed by atoms with Crippen molar-refractivity contribution in [1.82, 2.24) is 0 Å². The first-order valence-electron chi connectivity index (χ1n) is 5.41. The van der Waals surface area contributed by atoms with Crippen molar-refractivity contribution in [3.63, 3.8) is 0 Å². The smallest absolute Gasteiger partial charge is 0.133 e. The normalized spacial score (nSPS) is 24.8. The standard InChI is InChI=1S/C13H15FO2/c1-13(6-5-9(15)8-13)11-4-3-10(16-2)7-12(11)14/h3-4,7H,5-6,8H2,1-2H3. The second-order valence-corrected chi connectivity index (χ2v) is 4.62. The van der Waals surface area contributed by atoms with Gasteiger partial charge in [-0.3, -0.25) is 4.79 Å². The Labute approximate surface area is 94.4 Å². The van der Waals surface area contributed by atoms with Gasteiger partial charge in [0.05, 0.1) is 7.11 Å². The van der Waals surface area contributed by atoms with E-state index in [4.69, 9.17) is 4.74 Å². The number of hydrogen-bond acceptors (Lipinski definition) is 2. The maximum Gasteiger partial charge on any atom is 0.133 e. The third kappa shape index (κ3) is 1.82. The molecule has 3 heteroatoms. The zero-order valence-corrected chi connectivity index (χ0v) is 9.55. The van der Waals surface area contributed by atoms with Crippen LogP contribution in [-0.4, -0.2) is 12.9 Å². The lowest BCUT2D eigenvalue weighted by atomic mass is 9.80. The van der Waals surface area contributed by atoms with Crippen molar-refractivity contribution in [2.75, 3.05) is 7.11 Å². The number of carbonyl (C=O) groups is 1. The van der Waals surface area contributed by atoms with Gasteiger partial charge >= 0.3 is 0 Å². The molecule has 1 aliphatic rings. The largest absolute Gasteiger partial charge is 0.497 e. The summed E-state index contributed by atoms with van der Waals surface area (Å²) in [6, 6.07) is 4.85. The highest BCUT2D eigenvalue weighted by molar-refractivity contribution is 5.82.